The van der Waals surface area contributed by atoms with Crippen LogP contribution in [0, 0.1) is 5.92 Å². The lowest BCUT2D eigenvalue weighted by Gasteiger charge is -2.29. The van der Waals surface area contributed by atoms with Crippen molar-refractivity contribution in [2.45, 2.75) is 32.2 Å². The van der Waals surface area contributed by atoms with Gasteiger partial charge < -0.3 is 16.4 Å². The van der Waals surface area contributed by atoms with E-state index in [0.717, 1.165) is 12.8 Å². The molecular weight excluding hydrogens is 264 g/mol. The van der Waals surface area contributed by atoms with Crippen molar-refractivity contribution in [2.24, 2.45) is 11.7 Å². The predicted molar refractivity (Wildman–Crippen MR) is 74.1 cm³/mol. The Morgan fingerprint density at radius 3 is 2.79 bits per heavy atom. The van der Waals surface area contributed by atoms with Gasteiger partial charge in [-0.25, -0.2) is 4.98 Å². The summed E-state index contributed by atoms with van der Waals surface area (Å²) < 4.78 is 0. The van der Waals surface area contributed by atoms with E-state index in [1.807, 2.05) is 6.92 Å². The minimum atomic E-state index is -0.366. The number of carbonyl (C=O) groups is 2. The summed E-state index contributed by atoms with van der Waals surface area (Å²) in [6.07, 6.45) is 2.20. The molecule has 6 nitrogen and oxygen atoms in total. The molecule has 1 atom stereocenters. The first-order chi connectivity index (χ1) is 8.94. The Labute approximate surface area is 115 Å². The van der Waals surface area contributed by atoms with Gasteiger partial charge in [-0.1, -0.05) is 0 Å². The maximum absolute atomic E-state index is 12.1. The number of nitrogens with two attached hydrogens (primary N) is 1. The standard InChI is InChI=1S/C12H18N4O2S/c1-7(17)14-11-15-9(5-19-11)10(18)16-12(2,6-13)8-3-4-8/h5,8H,3-4,6,13H2,1-2H3,(H,16,18)(H,14,15,17). The maximum atomic E-state index is 12.1. The zero-order chi connectivity index (χ0) is 14.0. The number of amides is 2. The Morgan fingerprint density at radius 1 is 1.58 bits per heavy atom. The van der Waals surface area contributed by atoms with Crippen molar-refractivity contribution in [3.05, 3.63) is 11.1 Å². The summed E-state index contributed by atoms with van der Waals surface area (Å²) in [6, 6.07) is 0. The lowest BCUT2D eigenvalue weighted by molar-refractivity contribution is -0.114. The highest BCUT2D eigenvalue weighted by molar-refractivity contribution is 7.14. The topological polar surface area (TPSA) is 97.1 Å². The number of aromatic nitrogens is 1. The zero-order valence-electron chi connectivity index (χ0n) is 11.0. The van der Waals surface area contributed by atoms with E-state index in [0.29, 0.717) is 23.3 Å². The number of hydrogen-bond donors (Lipinski definition) is 3. The van der Waals surface area contributed by atoms with E-state index < -0.39 is 0 Å². The Morgan fingerprint density at radius 2 is 2.26 bits per heavy atom. The molecule has 1 saturated carbocycles. The first-order valence-electron chi connectivity index (χ1n) is 6.20. The Hall–Kier alpha value is -1.47. The Kier molecular flexibility index (Phi) is 3.86. The minimum Gasteiger partial charge on any atom is -0.344 e. The molecular formula is C12H18N4O2S. The molecule has 1 fully saturated rings. The summed E-state index contributed by atoms with van der Waals surface area (Å²) >= 11 is 1.23. The molecule has 0 aromatic carbocycles. The summed E-state index contributed by atoms with van der Waals surface area (Å²) in [4.78, 5) is 27.1. The van der Waals surface area contributed by atoms with Crippen LogP contribution in [0.1, 0.15) is 37.2 Å². The van der Waals surface area contributed by atoms with Crippen LogP contribution < -0.4 is 16.4 Å². The summed E-state index contributed by atoms with van der Waals surface area (Å²) in [5.74, 6) is 0.00804. The summed E-state index contributed by atoms with van der Waals surface area (Å²) in [6.45, 7) is 3.77. The SMILES string of the molecule is CC(=O)Nc1nc(C(=O)NC(C)(CN)C2CC2)cs1. The van der Waals surface area contributed by atoms with Gasteiger partial charge in [-0.2, -0.15) is 0 Å². The third kappa shape index (κ3) is 3.30. The van der Waals surface area contributed by atoms with Crippen LogP contribution in [0.25, 0.3) is 0 Å². The van der Waals surface area contributed by atoms with Crippen molar-refractivity contribution in [3.8, 4) is 0 Å². The zero-order valence-corrected chi connectivity index (χ0v) is 11.8. The molecule has 7 heteroatoms. The van der Waals surface area contributed by atoms with Crippen LogP contribution in [0.5, 0.6) is 0 Å². The summed E-state index contributed by atoms with van der Waals surface area (Å²) in [7, 11) is 0. The molecule has 1 aromatic heterocycles. The van der Waals surface area contributed by atoms with Gasteiger partial charge in [-0.05, 0) is 25.7 Å². The van der Waals surface area contributed by atoms with Gasteiger partial charge in [-0.3, -0.25) is 9.59 Å². The normalized spacial score (nSPS) is 17.6. The molecule has 0 aliphatic heterocycles. The number of hydrogen-bond acceptors (Lipinski definition) is 5. The van der Waals surface area contributed by atoms with E-state index in [1.165, 1.54) is 18.3 Å². The van der Waals surface area contributed by atoms with Crippen LogP contribution in [0.3, 0.4) is 0 Å². The molecule has 1 aliphatic carbocycles. The second kappa shape index (κ2) is 5.26. The Balaban J connectivity index is 2.03. The van der Waals surface area contributed by atoms with Crippen LogP contribution in [-0.2, 0) is 4.79 Å². The fourth-order valence-electron chi connectivity index (χ4n) is 1.95. The number of anilines is 1. The van der Waals surface area contributed by atoms with Crippen LogP contribution in [-0.4, -0.2) is 28.9 Å². The van der Waals surface area contributed by atoms with Crippen molar-refractivity contribution in [3.63, 3.8) is 0 Å². The number of rotatable bonds is 5. The monoisotopic (exact) mass is 282 g/mol. The van der Waals surface area contributed by atoms with Crippen molar-refractivity contribution in [2.75, 3.05) is 11.9 Å². The third-order valence-electron chi connectivity index (χ3n) is 3.32. The molecule has 2 amide bonds. The summed E-state index contributed by atoms with van der Waals surface area (Å²) in [5.41, 5.74) is 5.70. The highest BCUT2D eigenvalue weighted by Crippen LogP contribution is 2.39. The molecule has 1 aromatic rings. The molecule has 4 N–H and O–H groups in total. The van der Waals surface area contributed by atoms with Gasteiger partial charge in [0.2, 0.25) is 5.91 Å². The van der Waals surface area contributed by atoms with Crippen molar-refractivity contribution >= 4 is 28.3 Å². The van der Waals surface area contributed by atoms with Crippen molar-refractivity contribution in [1.29, 1.82) is 0 Å². The van der Waals surface area contributed by atoms with Gasteiger partial charge in [0.1, 0.15) is 5.69 Å². The molecule has 19 heavy (non-hydrogen) atoms. The van der Waals surface area contributed by atoms with Gasteiger partial charge in [0, 0.05) is 18.8 Å². The van der Waals surface area contributed by atoms with Crippen LogP contribution >= 0.6 is 11.3 Å². The lowest BCUT2D eigenvalue weighted by Crippen LogP contribution is -2.53. The fraction of sp³-hybridized carbons (Fsp3) is 0.583. The number of nitrogens with zero attached hydrogens (tertiary/aromatic N) is 1. The number of carbonyl (C=O) groups excluding carboxylic acids is 2. The van der Waals surface area contributed by atoms with Crippen molar-refractivity contribution < 1.29 is 9.59 Å². The highest BCUT2D eigenvalue weighted by Gasteiger charge is 2.41. The minimum absolute atomic E-state index is 0.203. The first kappa shape index (κ1) is 14.0. The van der Waals surface area contributed by atoms with Gasteiger partial charge >= 0.3 is 0 Å². The van der Waals surface area contributed by atoms with Crippen LogP contribution in [0.15, 0.2) is 5.38 Å². The first-order valence-corrected chi connectivity index (χ1v) is 7.08. The average molecular weight is 282 g/mol. The van der Waals surface area contributed by atoms with Gasteiger partial charge in [-0.15, -0.1) is 11.3 Å². The van der Waals surface area contributed by atoms with Crippen LogP contribution in [0.2, 0.25) is 0 Å². The molecule has 1 unspecified atom stereocenters. The van der Waals surface area contributed by atoms with E-state index in [9.17, 15) is 9.59 Å². The van der Waals surface area contributed by atoms with E-state index in [2.05, 4.69) is 15.6 Å². The highest BCUT2D eigenvalue weighted by atomic mass is 32.1. The molecule has 0 radical (unpaired) electrons. The molecule has 1 aliphatic rings. The molecule has 0 saturated heterocycles. The smallest absolute Gasteiger partial charge is 0.271 e. The van der Waals surface area contributed by atoms with Gasteiger partial charge in [0.25, 0.3) is 5.91 Å². The summed E-state index contributed by atoms with van der Waals surface area (Å²) in [5, 5.41) is 7.57. The maximum Gasteiger partial charge on any atom is 0.271 e. The van der Waals surface area contributed by atoms with Crippen molar-refractivity contribution in [1.82, 2.24) is 10.3 Å². The van der Waals surface area contributed by atoms with E-state index in [4.69, 9.17) is 5.73 Å². The second-order valence-corrected chi connectivity index (χ2v) is 5.93. The molecule has 1 heterocycles. The average Bonchev–Trinajstić information content (AvgIpc) is 3.10. The largest absolute Gasteiger partial charge is 0.344 e. The predicted octanol–water partition coefficient (Wildman–Crippen LogP) is 0.959. The van der Waals surface area contributed by atoms with Crippen LogP contribution in [0.4, 0.5) is 5.13 Å². The third-order valence-corrected chi connectivity index (χ3v) is 4.08. The molecule has 2 rings (SSSR count). The molecule has 0 bridgehead atoms. The van der Waals surface area contributed by atoms with E-state index >= 15 is 0 Å². The quantitative estimate of drug-likeness (QED) is 0.749. The number of nitrogens with one attached hydrogen (secondary N) is 2. The Bertz CT molecular complexity index is 498. The molecule has 104 valence electrons. The second-order valence-electron chi connectivity index (χ2n) is 5.07. The van der Waals surface area contributed by atoms with E-state index in [-0.39, 0.29) is 17.4 Å². The fourth-order valence-corrected chi connectivity index (χ4v) is 2.69. The van der Waals surface area contributed by atoms with E-state index in [1.54, 1.807) is 5.38 Å². The lowest BCUT2D eigenvalue weighted by atomic mass is 9.96. The molecule has 0 spiro atoms. The van der Waals surface area contributed by atoms with Gasteiger partial charge in [0.15, 0.2) is 5.13 Å². The number of thiazole rings is 1. The van der Waals surface area contributed by atoms with Gasteiger partial charge in [0.05, 0.1) is 5.54 Å².